The highest BCUT2D eigenvalue weighted by atomic mass is 16.5. The van der Waals surface area contributed by atoms with Crippen molar-refractivity contribution in [2.75, 3.05) is 6.61 Å². The van der Waals surface area contributed by atoms with E-state index in [0.717, 1.165) is 25.7 Å². The number of primary amides is 1. The topological polar surface area (TPSA) is 119 Å². The predicted molar refractivity (Wildman–Crippen MR) is 118 cm³/mol. The minimum absolute atomic E-state index is 0.127. The number of hydrogen-bond acceptors (Lipinski definition) is 6. The van der Waals surface area contributed by atoms with Crippen LogP contribution in [0.1, 0.15) is 67.3 Å². The second kappa shape index (κ2) is 9.67. The number of pyridine rings is 1. The van der Waals surface area contributed by atoms with Gasteiger partial charge < -0.3 is 25.5 Å². The van der Waals surface area contributed by atoms with Crippen LogP contribution in [-0.4, -0.2) is 35.4 Å². The molecule has 32 heavy (non-hydrogen) atoms. The van der Waals surface area contributed by atoms with E-state index in [1.165, 1.54) is 18.8 Å². The molecule has 4 rings (SSSR count). The Hall–Kier alpha value is -2.97. The number of amides is 1. The molecule has 2 heterocycles. The van der Waals surface area contributed by atoms with Crippen LogP contribution in [0.2, 0.25) is 0 Å². The van der Waals surface area contributed by atoms with Crippen LogP contribution in [0.15, 0.2) is 36.7 Å². The van der Waals surface area contributed by atoms with E-state index in [9.17, 15) is 14.8 Å². The summed E-state index contributed by atoms with van der Waals surface area (Å²) in [6.07, 6.45) is 8.46. The number of nitrogens with one attached hydrogen (secondary N) is 1. The summed E-state index contributed by atoms with van der Waals surface area (Å²) in [6.45, 7) is 2.31. The number of fused-ring (bicyclic) bond motifs is 1. The average molecular weight is 440 g/mol. The van der Waals surface area contributed by atoms with Crippen LogP contribution in [0.25, 0.3) is 0 Å². The van der Waals surface area contributed by atoms with E-state index in [1.807, 2.05) is 13.0 Å². The van der Waals surface area contributed by atoms with Gasteiger partial charge in [0.15, 0.2) is 17.5 Å². The number of quaternary nitrogens is 1. The van der Waals surface area contributed by atoms with E-state index < -0.39 is 17.9 Å². The number of ketones is 1. The lowest BCUT2D eigenvalue weighted by molar-refractivity contribution is -0.792. The molecule has 1 aromatic carbocycles. The van der Waals surface area contributed by atoms with Crippen LogP contribution >= 0.6 is 0 Å². The summed E-state index contributed by atoms with van der Waals surface area (Å²) in [5.74, 6) is -0.420. The Bertz CT molecular complexity index is 989. The largest absolute Gasteiger partial charge is 0.628 e. The lowest BCUT2D eigenvalue weighted by atomic mass is 9.86. The Labute approximate surface area is 187 Å². The third kappa shape index (κ3) is 4.47. The third-order valence-electron chi connectivity index (χ3n) is 6.28. The Morgan fingerprint density at radius 2 is 2.03 bits per heavy atom. The number of aromatic nitrogens is 1. The minimum atomic E-state index is -1.01. The number of hydroxylamine groups is 1. The Morgan fingerprint density at radius 3 is 2.72 bits per heavy atom. The second-order valence-electron chi connectivity index (χ2n) is 8.42. The van der Waals surface area contributed by atoms with Crippen molar-refractivity contribution < 1.29 is 24.1 Å². The van der Waals surface area contributed by atoms with E-state index in [-0.39, 0.29) is 23.4 Å². The third-order valence-corrected chi connectivity index (χ3v) is 6.28. The van der Waals surface area contributed by atoms with Crippen molar-refractivity contribution in [1.29, 1.82) is 0 Å². The SMILES string of the molecule is CCOc1cc(C(CC(N)=O)C2C(=O)c3cnccc3[NH+]2[O-])ccc1OC1CCCCC1. The van der Waals surface area contributed by atoms with E-state index in [1.54, 1.807) is 18.2 Å². The van der Waals surface area contributed by atoms with Crippen LogP contribution in [0.4, 0.5) is 5.69 Å². The Balaban J connectivity index is 1.67. The van der Waals surface area contributed by atoms with Crippen molar-refractivity contribution in [3.05, 3.63) is 53.0 Å². The van der Waals surface area contributed by atoms with E-state index in [2.05, 4.69) is 4.98 Å². The number of carbonyl (C=O) groups excluding carboxylic acids is 2. The van der Waals surface area contributed by atoms with Crippen LogP contribution < -0.4 is 20.3 Å². The number of nitrogens with two attached hydrogens (primary N) is 1. The van der Waals surface area contributed by atoms with Gasteiger partial charge in [0, 0.05) is 24.9 Å². The molecule has 170 valence electrons. The molecule has 0 saturated heterocycles. The van der Waals surface area contributed by atoms with Gasteiger partial charge in [0.2, 0.25) is 11.7 Å². The predicted octanol–water partition coefficient (Wildman–Crippen LogP) is 2.43. The molecular formula is C24H29N3O5. The van der Waals surface area contributed by atoms with Crippen molar-refractivity contribution in [1.82, 2.24) is 4.98 Å². The number of ether oxygens (including phenoxy) is 2. The van der Waals surface area contributed by atoms with E-state index in [4.69, 9.17) is 15.2 Å². The van der Waals surface area contributed by atoms with Crippen molar-refractivity contribution in [3.8, 4) is 11.5 Å². The fourth-order valence-corrected chi connectivity index (χ4v) is 4.75. The average Bonchev–Trinajstić information content (AvgIpc) is 3.04. The first-order chi connectivity index (χ1) is 15.5. The number of carbonyl (C=O) groups is 2. The highest BCUT2D eigenvalue weighted by molar-refractivity contribution is 6.05. The summed E-state index contributed by atoms with van der Waals surface area (Å²) < 4.78 is 12.0. The van der Waals surface area contributed by atoms with E-state index in [0.29, 0.717) is 34.9 Å². The number of rotatable bonds is 8. The zero-order valence-corrected chi connectivity index (χ0v) is 18.2. The number of benzene rings is 1. The first kappa shape index (κ1) is 22.2. The molecule has 8 heteroatoms. The summed E-state index contributed by atoms with van der Waals surface area (Å²) in [6, 6.07) is 5.92. The second-order valence-corrected chi connectivity index (χ2v) is 8.42. The molecule has 1 aliphatic heterocycles. The molecule has 0 bridgehead atoms. The maximum absolute atomic E-state index is 13.1. The highest BCUT2D eigenvalue weighted by Crippen LogP contribution is 2.37. The molecule has 1 aliphatic carbocycles. The summed E-state index contributed by atoms with van der Waals surface area (Å²) in [4.78, 5) is 28.9. The van der Waals surface area contributed by atoms with Crippen molar-refractivity contribution in [2.24, 2.45) is 5.73 Å². The molecule has 1 saturated carbocycles. The van der Waals surface area contributed by atoms with Gasteiger partial charge in [0.1, 0.15) is 11.3 Å². The molecule has 0 spiro atoms. The minimum Gasteiger partial charge on any atom is -0.628 e. The maximum atomic E-state index is 13.1. The van der Waals surface area contributed by atoms with Gasteiger partial charge in [-0.2, -0.15) is 0 Å². The van der Waals surface area contributed by atoms with Crippen LogP contribution in [-0.2, 0) is 4.79 Å². The zero-order valence-electron chi connectivity index (χ0n) is 18.2. The monoisotopic (exact) mass is 439 g/mol. The van der Waals surface area contributed by atoms with Gasteiger partial charge >= 0.3 is 0 Å². The number of hydrogen-bond donors (Lipinski definition) is 2. The molecule has 1 fully saturated rings. The van der Waals surface area contributed by atoms with Gasteiger partial charge in [0.25, 0.3) is 0 Å². The summed E-state index contributed by atoms with van der Waals surface area (Å²) in [7, 11) is 0. The van der Waals surface area contributed by atoms with Gasteiger partial charge in [0.05, 0.1) is 18.6 Å². The summed E-state index contributed by atoms with van der Waals surface area (Å²) in [5, 5.41) is 12.8. The lowest BCUT2D eigenvalue weighted by Crippen LogP contribution is -3.06. The van der Waals surface area contributed by atoms with Crippen molar-refractivity contribution in [3.63, 3.8) is 0 Å². The molecule has 2 aliphatic rings. The quantitative estimate of drug-likeness (QED) is 0.610. The van der Waals surface area contributed by atoms with Gasteiger partial charge in [-0.05, 0) is 50.3 Å². The zero-order chi connectivity index (χ0) is 22.7. The maximum Gasteiger partial charge on any atom is 0.228 e. The molecule has 3 unspecified atom stereocenters. The molecule has 1 aromatic heterocycles. The van der Waals surface area contributed by atoms with Crippen LogP contribution in [0.5, 0.6) is 11.5 Å². The highest BCUT2D eigenvalue weighted by Gasteiger charge is 2.45. The van der Waals surface area contributed by atoms with Gasteiger partial charge in [-0.25, -0.2) is 0 Å². The molecule has 2 aromatic rings. The molecule has 0 radical (unpaired) electrons. The Kier molecular flexibility index (Phi) is 6.72. The normalized spacial score (nSPS) is 21.8. The molecular weight excluding hydrogens is 410 g/mol. The fraction of sp³-hybridized carbons (Fsp3) is 0.458. The Morgan fingerprint density at radius 1 is 1.25 bits per heavy atom. The fourth-order valence-electron chi connectivity index (χ4n) is 4.75. The number of Topliss-reactive ketones (excluding diaryl/α,β-unsaturated/α-hetero) is 1. The smallest absolute Gasteiger partial charge is 0.228 e. The molecule has 3 N–H and O–H groups in total. The van der Waals surface area contributed by atoms with Gasteiger partial charge in [-0.1, -0.05) is 12.5 Å². The number of nitrogens with zero attached hydrogens (tertiary/aromatic N) is 1. The lowest BCUT2D eigenvalue weighted by Gasteiger charge is -2.30. The summed E-state index contributed by atoms with van der Waals surface area (Å²) in [5.41, 5.74) is 6.79. The van der Waals surface area contributed by atoms with Gasteiger partial charge in [-0.3, -0.25) is 14.6 Å². The van der Waals surface area contributed by atoms with Gasteiger partial charge in [-0.15, -0.1) is 0 Å². The summed E-state index contributed by atoms with van der Waals surface area (Å²) >= 11 is 0. The van der Waals surface area contributed by atoms with Crippen molar-refractivity contribution >= 4 is 17.4 Å². The molecule has 3 atom stereocenters. The first-order valence-electron chi connectivity index (χ1n) is 11.2. The molecule has 1 amide bonds. The first-order valence-corrected chi connectivity index (χ1v) is 11.2. The van der Waals surface area contributed by atoms with Crippen molar-refractivity contribution in [2.45, 2.75) is 63.5 Å². The van der Waals surface area contributed by atoms with Crippen LogP contribution in [0.3, 0.4) is 0 Å². The van der Waals surface area contributed by atoms with E-state index >= 15 is 0 Å². The van der Waals surface area contributed by atoms with Crippen LogP contribution in [0, 0.1) is 5.21 Å². The standard InChI is InChI=1S/C24H29N3O5/c1-2-31-21-12-15(8-9-20(21)32-16-6-4-3-5-7-16)17(13-22(25)28)23-24(29)18-14-26-11-10-19(18)27(23)30/h8-12,14,16-17,23,27H,2-7,13H2,1H3,(H2,25,28). The molecule has 8 nitrogen and oxygen atoms in total.